The third kappa shape index (κ3) is 3.93. The Balaban J connectivity index is 1.75. The Morgan fingerprint density at radius 1 is 1.12 bits per heavy atom. The van der Waals surface area contributed by atoms with Gasteiger partial charge in [-0.05, 0) is 42.3 Å². The van der Waals surface area contributed by atoms with Crippen molar-refractivity contribution in [2.75, 3.05) is 13.7 Å². The number of methoxy groups -OCH3 is 1. The Kier molecular flexibility index (Phi) is 5.24. The van der Waals surface area contributed by atoms with E-state index in [1.165, 1.54) is 19.2 Å². The van der Waals surface area contributed by atoms with Crippen molar-refractivity contribution < 1.29 is 13.2 Å². The summed E-state index contributed by atoms with van der Waals surface area (Å²) < 4.78 is 32.7. The van der Waals surface area contributed by atoms with Gasteiger partial charge in [0.15, 0.2) is 0 Å². The lowest BCUT2D eigenvalue weighted by atomic mass is 10.1. The molecule has 0 saturated carbocycles. The van der Waals surface area contributed by atoms with Crippen molar-refractivity contribution in [1.29, 1.82) is 0 Å². The highest BCUT2D eigenvalue weighted by atomic mass is 35.5. The Bertz CT molecular complexity index is 1020. The van der Waals surface area contributed by atoms with Gasteiger partial charge in [-0.1, -0.05) is 29.3 Å². The van der Waals surface area contributed by atoms with Gasteiger partial charge >= 0.3 is 0 Å². The molecule has 0 spiro atoms. The van der Waals surface area contributed by atoms with Crippen LogP contribution in [-0.2, 0) is 16.4 Å². The number of aromatic nitrogens is 1. The lowest BCUT2D eigenvalue weighted by Gasteiger charge is -2.11. The van der Waals surface area contributed by atoms with Crippen LogP contribution in [0, 0.1) is 0 Å². The number of ether oxygens (including phenoxy) is 1. The summed E-state index contributed by atoms with van der Waals surface area (Å²) in [6, 6.07) is 10.0. The summed E-state index contributed by atoms with van der Waals surface area (Å²) in [5.74, 6) is 0.249. The van der Waals surface area contributed by atoms with E-state index in [4.69, 9.17) is 27.9 Å². The zero-order valence-corrected chi connectivity index (χ0v) is 15.7. The van der Waals surface area contributed by atoms with Crippen molar-refractivity contribution in [3.8, 4) is 5.75 Å². The molecule has 0 aliphatic carbocycles. The van der Waals surface area contributed by atoms with Crippen molar-refractivity contribution in [2.45, 2.75) is 11.3 Å². The van der Waals surface area contributed by atoms with Crippen LogP contribution in [0.1, 0.15) is 5.56 Å². The van der Waals surface area contributed by atoms with Crippen LogP contribution in [-0.4, -0.2) is 27.1 Å². The van der Waals surface area contributed by atoms with Gasteiger partial charge in [0.25, 0.3) is 0 Å². The number of halogens is 2. The molecule has 0 amide bonds. The third-order valence-corrected chi connectivity index (χ3v) is 5.78. The summed E-state index contributed by atoms with van der Waals surface area (Å²) >= 11 is 11.9. The van der Waals surface area contributed by atoms with Gasteiger partial charge in [0.05, 0.1) is 7.11 Å². The first-order valence-corrected chi connectivity index (χ1v) is 9.73. The van der Waals surface area contributed by atoms with Gasteiger partial charge < -0.3 is 9.72 Å². The van der Waals surface area contributed by atoms with Crippen LogP contribution in [0.3, 0.4) is 0 Å². The number of hydrogen-bond donors (Lipinski definition) is 2. The van der Waals surface area contributed by atoms with Crippen molar-refractivity contribution in [1.82, 2.24) is 9.71 Å². The number of fused-ring (bicyclic) bond motifs is 1. The van der Waals surface area contributed by atoms with Gasteiger partial charge in [0.1, 0.15) is 10.6 Å². The molecular weight excluding hydrogens is 383 g/mol. The average Bonchev–Trinajstić information content (AvgIpc) is 2.97. The normalized spacial score (nSPS) is 11.8. The Morgan fingerprint density at radius 3 is 2.60 bits per heavy atom. The van der Waals surface area contributed by atoms with Crippen LogP contribution in [0.4, 0.5) is 0 Å². The Labute approximate surface area is 156 Å². The van der Waals surface area contributed by atoms with E-state index in [0.717, 1.165) is 16.5 Å². The molecule has 0 unspecified atom stereocenters. The molecule has 1 heterocycles. The van der Waals surface area contributed by atoms with E-state index >= 15 is 0 Å². The van der Waals surface area contributed by atoms with Gasteiger partial charge in [-0.2, -0.15) is 0 Å². The number of H-pyrrole nitrogens is 1. The summed E-state index contributed by atoms with van der Waals surface area (Å²) in [4.78, 5) is 3.16. The van der Waals surface area contributed by atoms with E-state index in [-0.39, 0.29) is 17.2 Å². The second kappa shape index (κ2) is 7.25. The number of aromatic amines is 1. The molecule has 3 aromatic rings. The second-order valence-corrected chi connectivity index (χ2v) is 8.06. The van der Waals surface area contributed by atoms with Gasteiger partial charge in [0, 0.05) is 33.7 Å². The molecule has 0 atom stereocenters. The monoisotopic (exact) mass is 398 g/mol. The molecule has 25 heavy (non-hydrogen) atoms. The van der Waals surface area contributed by atoms with E-state index < -0.39 is 10.0 Å². The third-order valence-electron chi connectivity index (χ3n) is 3.83. The highest BCUT2D eigenvalue weighted by molar-refractivity contribution is 7.89. The quantitative estimate of drug-likeness (QED) is 0.658. The topological polar surface area (TPSA) is 71.2 Å². The molecular formula is C17H16Cl2N2O3S. The second-order valence-electron chi connectivity index (χ2n) is 5.45. The summed E-state index contributed by atoms with van der Waals surface area (Å²) in [6.07, 6.45) is 2.39. The van der Waals surface area contributed by atoms with Crippen molar-refractivity contribution in [3.05, 3.63) is 58.2 Å². The van der Waals surface area contributed by atoms with Crippen LogP contribution < -0.4 is 9.46 Å². The number of nitrogens with one attached hydrogen (secondary N) is 2. The largest absolute Gasteiger partial charge is 0.495 e. The molecule has 0 fully saturated rings. The molecule has 2 N–H and O–H groups in total. The highest BCUT2D eigenvalue weighted by Gasteiger charge is 2.19. The molecule has 5 nitrogen and oxygen atoms in total. The average molecular weight is 399 g/mol. The van der Waals surface area contributed by atoms with Crippen LogP contribution in [0.5, 0.6) is 5.75 Å². The molecule has 0 aliphatic heterocycles. The molecule has 3 rings (SSSR count). The lowest BCUT2D eigenvalue weighted by Crippen LogP contribution is -2.26. The van der Waals surface area contributed by atoms with Crippen LogP contribution >= 0.6 is 23.2 Å². The summed E-state index contributed by atoms with van der Waals surface area (Å²) in [6.45, 7) is 0.244. The van der Waals surface area contributed by atoms with E-state index in [1.807, 2.05) is 24.4 Å². The van der Waals surface area contributed by atoms with Crippen LogP contribution in [0.25, 0.3) is 10.9 Å². The van der Waals surface area contributed by atoms with Gasteiger partial charge in [-0.25, -0.2) is 13.1 Å². The van der Waals surface area contributed by atoms with Crippen LogP contribution in [0.15, 0.2) is 47.5 Å². The standard InChI is InChI=1S/C17H16Cl2N2O3S/c1-24-16-5-3-13(19)9-17(16)25(22,23)21-7-6-11-10-20-15-8-12(18)2-4-14(11)15/h2-5,8-10,20-21H,6-7H2,1H3. The minimum Gasteiger partial charge on any atom is -0.495 e. The summed E-state index contributed by atoms with van der Waals surface area (Å²) in [5.41, 5.74) is 1.93. The molecule has 0 bridgehead atoms. The fourth-order valence-electron chi connectivity index (χ4n) is 2.62. The van der Waals surface area contributed by atoms with Gasteiger partial charge in [-0.3, -0.25) is 0 Å². The SMILES string of the molecule is COc1ccc(Cl)cc1S(=O)(=O)NCCc1c[nH]c2cc(Cl)ccc12. The first-order valence-electron chi connectivity index (χ1n) is 7.49. The molecule has 132 valence electrons. The Hall–Kier alpha value is -1.73. The van der Waals surface area contributed by atoms with E-state index in [9.17, 15) is 8.42 Å². The maximum absolute atomic E-state index is 12.5. The van der Waals surface area contributed by atoms with Crippen molar-refractivity contribution >= 4 is 44.1 Å². The maximum atomic E-state index is 12.5. The minimum atomic E-state index is -3.73. The number of rotatable bonds is 6. The maximum Gasteiger partial charge on any atom is 0.244 e. The minimum absolute atomic E-state index is 0.0215. The van der Waals surface area contributed by atoms with Crippen LogP contribution in [0.2, 0.25) is 10.0 Å². The van der Waals surface area contributed by atoms with E-state index in [0.29, 0.717) is 16.5 Å². The van der Waals surface area contributed by atoms with E-state index in [1.54, 1.807) is 6.07 Å². The molecule has 1 aromatic heterocycles. The summed E-state index contributed by atoms with van der Waals surface area (Å²) in [7, 11) is -2.31. The number of benzene rings is 2. The zero-order chi connectivity index (χ0) is 18.0. The van der Waals surface area contributed by atoms with Crippen molar-refractivity contribution in [2.24, 2.45) is 0 Å². The van der Waals surface area contributed by atoms with E-state index in [2.05, 4.69) is 9.71 Å². The lowest BCUT2D eigenvalue weighted by molar-refractivity contribution is 0.402. The molecule has 0 saturated heterocycles. The van der Waals surface area contributed by atoms with Crippen molar-refractivity contribution in [3.63, 3.8) is 0 Å². The highest BCUT2D eigenvalue weighted by Crippen LogP contribution is 2.27. The first-order chi connectivity index (χ1) is 11.9. The molecule has 8 heteroatoms. The van der Waals surface area contributed by atoms with Gasteiger partial charge in [-0.15, -0.1) is 0 Å². The van der Waals surface area contributed by atoms with Gasteiger partial charge in [0.2, 0.25) is 10.0 Å². The molecule has 2 aromatic carbocycles. The zero-order valence-electron chi connectivity index (χ0n) is 13.3. The first kappa shape index (κ1) is 18.1. The Morgan fingerprint density at radius 2 is 1.84 bits per heavy atom. The fourth-order valence-corrected chi connectivity index (χ4v) is 4.26. The number of sulfonamides is 1. The predicted molar refractivity (Wildman–Crippen MR) is 100 cm³/mol. The fraction of sp³-hybridized carbons (Fsp3) is 0.176. The predicted octanol–water partition coefficient (Wildman–Crippen LogP) is 4.00. The molecule has 0 radical (unpaired) electrons. The summed E-state index contributed by atoms with van der Waals surface area (Å²) in [5, 5.41) is 1.99. The smallest absolute Gasteiger partial charge is 0.244 e. The molecule has 0 aliphatic rings. The number of hydrogen-bond acceptors (Lipinski definition) is 3.